The van der Waals surface area contributed by atoms with Gasteiger partial charge in [0.05, 0.1) is 23.1 Å². The maximum atomic E-state index is 14.6. The van der Waals surface area contributed by atoms with Crippen LogP contribution in [0.3, 0.4) is 0 Å². The lowest BCUT2D eigenvalue weighted by Gasteiger charge is -2.41. The molecule has 4 amide bonds. The van der Waals surface area contributed by atoms with Gasteiger partial charge in [-0.1, -0.05) is 23.4 Å². The Kier molecular flexibility index (Phi) is 8.43. The van der Waals surface area contributed by atoms with Crippen LogP contribution in [0.2, 0.25) is 5.02 Å². The molecular formula is C18H21ClFN3O6S2. The number of carbonyl (C=O) groups excluding carboxylic acids is 4. The van der Waals surface area contributed by atoms with Crippen LogP contribution in [0, 0.1) is 5.82 Å². The molecule has 1 aromatic rings. The van der Waals surface area contributed by atoms with E-state index in [1.54, 1.807) is 6.92 Å². The van der Waals surface area contributed by atoms with Crippen molar-refractivity contribution in [1.82, 2.24) is 9.80 Å². The molecule has 1 aliphatic rings. The number of carbonyl (C=O) groups is 4. The number of nitrogens with zero attached hydrogens (tertiary/aromatic N) is 3. The average molecular weight is 494 g/mol. The molecule has 2 rings (SSSR count). The number of rotatable bonds is 7. The normalized spacial score (nSPS) is 15.9. The molecule has 9 nitrogen and oxygen atoms in total. The predicted octanol–water partition coefficient (Wildman–Crippen LogP) is 3.21. The van der Waals surface area contributed by atoms with Gasteiger partial charge in [0, 0.05) is 20.2 Å². The molecule has 1 saturated heterocycles. The van der Waals surface area contributed by atoms with Crippen LogP contribution in [0.5, 0.6) is 5.75 Å². The zero-order valence-corrected chi connectivity index (χ0v) is 19.6. The van der Waals surface area contributed by atoms with E-state index in [-0.39, 0.29) is 23.1 Å². The smallest absolute Gasteiger partial charge is 0.334 e. The summed E-state index contributed by atoms with van der Waals surface area (Å²) in [5.41, 5.74) is -1.22. The summed E-state index contributed by atoms with van der Waals surface area (Å²) in [6.45, 7) is 3.26. The van der Waals surface area contributed by atoms with E-state index in [9.17, 15) is 23.6 Å². The highest BCUT2D eigenvalue weighted by Crippen LogP contribution is 2.36. The molecule has 31 heavy (non-hydrogen) atoms. The van der Waals surface area contributed by atoms with Crippen LogP contribution < -0.4 is 9.64 Å². The van der Waals surface area contributed by atoms with Crippen LogP contribution >= 0.6 is 36.0 Å². The Bertz CT molecular complexity index is 883. The van der Waals surface area contributed by atoms with E-state index in [1.807, 2.05) is 0 Å². The van der Waals surface area contributed by atoms with E-state index in [0.29, 0.717) is 16.7 Å². The molecule has 0 N–H and O–H groups in total. The molecule has 0 aromatic heterocycles. The number of imide groups is 1. The molecule has 0 bridgehead atoms. The molecule has 170 valence electrons. The Morgan fingerprint density at radius 1 is 1.26 bits per heavy atom. The van der Waals surface area contributed by atoms with Crippen LogP contribution in [0.15, 0.2) is 12.1 Å². The lowest BCUT2D eigenvalue weighted by Crippen LogP contribution is -2.62. The van der Waals surface area contributed by atoms with E-state index in [4.69, 9.17) is 21.1 Å². The van der Waals surface area contributed by atoms with Crippen molar-refractivity contribution >= 4 is 64.8 Å². The zero-order chi connectivity index (χ0) is 23.5. The maximum Gasteiger partial charge on any atom is 0.334 e. The van der Waals surface area contributed by atoms with E-state index < -0.39 is 46.3 Å². The lowest BCUT2D eigenvalue weighted by molar-refractivity contribution is -0.140. The lowest BCUT2D eigenvalue weighted by atomic mass is 10.2. The van der Waals surface area contributed by atoms with Crippen molar-refractivity contribution in [1.29, 1.82) is 0 Å². The third kappa shape index (κ3) is 5.55. The fraction of sp³-hybridized carbons (Fsp3) is 0.444. The van der Waals surface area contributed by atoms with Gasteiger partial charge in [0.2, 0.25) is 5.12 Å². The molecule has 1 heterocycles. The van der Waals surface area contributed by atoms with Crippen molar-refractivity contribution in [2.45, 2.75) is 25.4 Å². The highest BCUT2D eigenvalue weighted by Gasteiger charge is 2.41. The van der Waals surface area contributed by atoms with Gasteiger partial charge in [-0.3, -0.25) is 19.4 Å². The Hall–Kier alpha value is -2.18. The van der Waals surface area contributed by atoms with Gasteiger partial charge in [0.15, 0.2) is 11.6 Å². The van der Waals surface area contributed by atoms with Crippen molar-refractivity contribution in [3.05, 3.63) is 23.0 Å². The summed E-state index contributed by atoms with van der Waals surface area (Å²) < 4.78 is 24.9. The van der Waals surface area contributed by atoms with Gasteiger partial charge in [-0.05, 0) is 19.9 Å². The summed E-state index contributed by atoms with van der Waals surface area (Å²) >= 11 is 10.9. The zero-order valence-electron chi connectivity index (χ0n) is 17.1. The molecule has 0 spiro atoms. The number of thioether (sulfide) groups is 1. The van der Waals surface area contributed by atoms with Crippen molar-refractivity contribution in [2.75, 3.05) is 31.4 Å². The molecule has 0 aliphatic carbocycles. The third-order valence-electron chi connectivity index (χ3n) is 4.19. The van der Waals surface area contributed by atoms with Gasteiger partial charge in [-0.2, -0.15) is 0 Å². The SMILES string of the molecule is CCOC(=O)CSC(=O)C(C)Oc1cc(N2C(=O)N(C)C(S)N(C)C2=O)c(F)cc1Cl. The number of urea groups is 2. The molecule has 0 saturated carbocycles. The molecule has 0 radical (unpaired) electrons. The summed E-state index contributed by atoms with van der Waals surface area (Å²) in [5, 5.41) is -0.653. The number of hydrogen-bond donors (Lipinski definition) is 1. The van der Waals surface area contributed by atoms with Crippen LogP contribution in [-0.4, -0.2) is 71.0 Å². The first-order valence-electron chi connectivity index (χ1n) is 8.99. The Morgan fingerprint density at radius 3 is 2.39 bits per heavy atom. The van der Waals surface area contributed by atoms with Crippen LogP contribution in [0.4, 0.5) is 19.7 Å². The van der Waals surface area contributed by atoms with Crippen LogP contribution in [-0.2, 0) is 14.3 Å². The minimum Gasteiger partial charge on any atom is -0.480 e. The van der Waals surface area contributed by atoms with Crippen molar-refractivity contribution in [2.24, 2.45) is 0 Å². The topological polar surface area (TPSA) is 96.5 Å². The number of anilines is 1. The van der Waals surface area contributed by atoms with E-state index >= 15 is 0 Å². The van der Waals surface area contributed by atoms with Crippen molar-refractivity contribution < 1.29 is 33.0 Å². The minimum absolute atomic E-state index is 0.116. The highest BCUT2D eigenvalue weighted by atomic mass is 35.5. The Labute approximate surface area is 193 Å². The molecular weight excluding hydrogens is 473 g/mol. The monoisotopic (exact) mass is 493 g/mol. The van der Waals surface area contributed by atoms with Gasteiger partial charge in [-0.15, -0.1) is 12.6 Å². The second kappa shape index (κ2) is 10.4. The average Bonchev–Trinajstić information content (AvgIpc) is 2.72. The number of hydrogen-bond acceptors (Lipinski definition) is 8. The van der Waals surface area contributed by atoms with E-state index in [2.05, 4.69) is 12.6 Å². The van der Waals surface area contributed by atoms with E-state index in [1.165, 1.54) is 21.0 Å². The minimum atomic E-state index is -1.06. The van der Waals surface area contributed by atoms with E-state index in [0.717, 1.165) is 21.9 Å². The fourth-order valence-electron chi connectivity index (χ4n) is 2.53. The Balaban J connectivity index is 2.25. The molecule has 1 unspecified atom stereocenters. The van der Waals surface area contributed by atoms with Gasteiger partial charge >= 0.3 is 18.0 Å². The first-order chi connectivity index (χ1) is 14.5. The number of benzene rings is 1. The first-order valence-corrected chi connectivity index (χ1v) is 10.9. The molecule has 1 atom stereocenters. The fourth-order valence-corrected chi connectivity index (χ4v) is 3.55. The number of thiol groups is 1. The van der Waals surface area contributed by atoms with Gasteiger partial charge < -0.3 is 9.47 Å². The molecule has 1 aliphatic heterocycles. The number of ether oxygens (including phenoxy) is 2. The van der Waals surface area contributed by atoms with Crippen molar-refractivity contribution in [3.63, 3.8) is 0 Å². The summed E-state index contributed by atoms with van der Waals surface area (Å²) in [4.78, 5) is 51.7. The number of amides is 4. The summed E-state index contributed by atoms with van der Waals surface area (Å²) in [6, 6.07) is 0.338. The highest BCUT2D eigenvalue weighted by molar-refractivity contribution is 8.14. The van der Waals surface area contributed by atoms with Crippen molar-refractivity contribution in [3.8, 4) is 5.75 Å². The number of halogens is 2. The van der Waals surface area contributed by atoms with Gasteiger partial charge in [0.1, 0.15) is 11.6 Å². The number of esters is 1. The summed E-state index contributed by atoms with van der Waals surface area (Å²) in [6.07, 6.45) is -1.06. The van der Waals surface area contributed by atoms with Crippen LogP contribution in [0.1, 0.15) is 13.8 Å². The molecule has 13 heteroatoms. The van der Waals surface area contributed by atoms with Gasteiger partial charge in [-0.25, -0.2) is 18.9 Å². The predicted molar refractivity (Wildman–Crippen MR) is 117 cm³/mol. The maximum absolute atomic E-state index is 14.6. The van der Waals surface area contributed by atoms with Gasteiger partial charge in [0.25, 0.3) is 0 Å². The second-order valence-electron chi connectivity index (χ2n) is 6.38. The standard InChI is InChI=1S/C18H21ClFN3O6S2/c1-5-28-14(24)8-31-15(25)9(2)29-13-7-12(11(20)6-10(13)19)23-16(26)21(3)18(30)22(4)17(23)27/h6-7,9,18,30H,5,8H2,1-4H3. The van der Waals surface area contributed by atoms with Crippen LogP contribution in [0.25, 0.3) is 0 Å². The third-order valence-corrected chi connectivity index (χ3v) is 6.18. The molecule has 1 aromatic carbocycles. The molecule has 1 fully saturated rings. The summed E-state index contributed by atoms with van der Waals surface area (Å²) in [5.74, 6) is -1.79. The Morgan fingerprint density at radius 2 is 1.84 bits per heavy atom. The second-order valence-corrected chi connectivity index (χ2v) is 8.22. The first kappa shape index (κ1) is 25.1. The summed E-state index contributed by atoms with van der Waals surface area (Å²) in [7, 11) is 2.81. The quantitative estimate of drug-likeness (QED) is 0.460. The largest absolute Gasteiger partial charge is 0.480 e.